The van der Waals surface area contributed by atoms with Crippen LogP contribution >= 0.6 is 23.5 Å². The molecule has 1 aliphatic rings. The Morgan fingerprint density at radius 2 is 2.05 bits per heavy atom. The van der Waals surface area contributed by atoms with Gasteiger partial charge in [-0.15, -0.1) is 23.5 Å². The van der Waals surface area contributed by atoms with E-state index in [0.29, 0.717) is 6.42 Å². The normalized spacial score (nSPS) is 19.9. The minimum atomic E-state index is -0.399. The van der Waals surface area contributed by atoms with Gasteiger partial charge in [0, 0.05) is 12.0 Å². The molecule has 0 saturated carbocycles. The summed E-state index contributed by atoms with van der Waals surface area (Å²) in [6.45, 7) is 1.80. The first-order chi connectivity index (χ1) is 9.07. The fourth-order valence-electron chi connectivity index (χ4n) is 2.29. The van der Waals surface area contributed by atoms with E-state index in [1.165, 1.54) is 6.42 Å². The molecule has 5 heteroatoms. The minimum absolute atomic E-state index is 0.273. The summed E-state index contributed by atoms with van der Waals surface area (Å²) in [5, 5.41) is 20.0. The molecular weight excluding hydrogens is 280 g/mol. The van der Waals surface area contributed by atoms with Crippen LogP contribution in [0, 0.1) is 0 Å². The van der Waals surface area contributed by atoms with E-state index in [1.807, 2.05) is 29.6 Å². The van der Waals surface area contributed by atoms with E-state index in [9.17, 15) is 10.2 Å². The lowest BCUT2D eigenvalue weighted by Crippen LogP contribution is -2.27. The van der Waals surface area contributed by atoms with Gasteiger partial charge in [0.05, 0.1) is 17.3 Å². The summed E-state index contributed by atoms with van der Waals surface area (Å²) < 4.78 is 4.99. The van der Waals surface area contributed by atoms with Crippen molar-refractivity contribution in [3.63, 3.8) is 0 Å². The molecular formula is C14H20O3S2. The summed E-state index contributed by atoms with van der Waals surface area (Å²) in [6, 6.07) is 5.32. The zero-order valence-electron chi connectivity index (χ0n) is 11.3. The Bertz CT molecular complexity index is 429. The molecule has 0 aliphatic carbocycles. The second kappa shape index (κ2) is 6.29. The molecule has 0 radical (unpaired) electrons. The predicted octanol–water partition coefficient (Wildman–Crippen LogP) is 3.19. The number of phenols is 1. The number of rotatable bonds is 4. The van der Waals surface area contributed by atoms with Crippen LogP contribution in [0.25, 0.3) is 0 Å². The molecule has 1 atom stereocenters. The van der Waals surface area contributed by atoms with Crippen molar-refractivity contribution in [1.82, 2.24) is 0 Å². The summed E-state index contributed by atoms with van der Waals surface area (Å²) in [4.78, 5) is 0. The summed E-state index contributed by atoms with van der Waals surface area (Å²) in [7, 11) is 1.62. The van der Waals surface area contributed by atoms with Gasteiger partial charge in [-0.25, -0.2) is 0 Å². The predicted molar refractivity (Wildman–Crippen MR) is 82.2 cm³/mol. The van der Waals surface area contributed by atoms with Crippen molar-refractivity contribution in [2.24, 2.45) is 0 Å². The fraction of sp³-hybridized carbons (Fsp3) is 0.571. The Hall–Kier alpha value is -0.520. The highest BCUT2D eigenvalue weighted by molar-refractivity contribution is 8.18. The van der Waals surface area contributed by atoms with Crippen LogP contribution in [0.4, 0.5) is 0 Å². The number of benzene rings is 1. The number of aliphatic hydroxyl groups is 1. The summed E-state index contributed by atoms with van der Waals surface area (Å²) in [5.74, 6) is 3.13. The molecule has 1 aliphatic heterocycles. The number of phenolic OH excluding ortho intramolecular Hbond substituents is 1. The van der Waals surface area contributed by atoms with Crippen molar-refractivity contribution in [2.45, 2.75) is 29.9 Å². The Labute approximate surface area is 122 Å². The maximum Gasteiger partial charge on any atom is 0.121 e. The van der Waals surface area contributed by atoms with Crippen LogP contribution in [-0.4, -0.2) is 34.9 Å². The van der Waals surface area contributed by atoms with Crippen LogP contribution in [0.15, 0.2) is 18.2 Å². The number of hydrogen-bond acceptors (Lipinski definition) is 5. The molecule has 0 aromatic heterocycles. The van der Waals surface area contributed by atoms with Crippen molar-refractivity contribution >= 4 is 23.5 Å². The highest BCUT2D eigenvalue weighted by Gasteiger charge is 2.39. The minimum Gasteiger partial charge on any atom is -0.508 e. The highest BCUT2D eigenvalue weighted by atomic mass is 32.2. The average molecular weight is 300 g/mol. The molecule has 1 aromatic rings. The van der Waals surface area contributed by atoms with E-state index in [0.717, 1.165) is 22.8 Å². The summed E-state index contributed by atoms with van der Waals surface area (Å²) in [5.41, 5.74) is 0.863. The van der Waals surface area contributed by atoms with Crippen LogP contribution in [0.3, 0.4) is 0 Å². The highest BCUT2D eigenvalue weighted by Crippen LogP contribution is 2.55. The molecule has 3 nitrogen and oxygen atoms in total. The molecule has 1 heterocycles. The van der Waals surface area contributed by atoms with Gasteiger partial charge in [0.25, 0.3) is 0 Å². The molecule has 0 spiro atoms. The average Bonchev–Trinajstić information content (AvgIpc) is 2.39. The Kier molecular flexibility index (Phi) is 4.92. The van der Waals surface area contributed by atoms with Gasteiger partial charge in [0.2, 0.25) is 0 Å². The maximum atomic E-state index is 10.2. The van der Waals surface area contributed by atoms with Crippen LogP contribution in [0.5, 0.6) is 11.5 Å². The largest absolute Gasteiger partial charge is 0.508 e. The molecule has 1 saturated heterocycles. The fourth-order valence-corrected chi connectivity index (χ4v) is 5.90. The zero-order valence-corrected chi connectivity index (χ0v) is 12.9. The number of aliphatic hydroxyl groups excluding tert-OH is 1. The van der Waals surface area contributed by atoms with Gasteiger partial charge in [-0.3, -0.25) is 0 Å². The van der Waals surface area contributed by atoms with E-state index in [2.05, 4.69) is 0 Å². The molecule has 0 amide bonds. The van der Waals surface area contributed by atoms with Gasteiger partial charge in [-0.2, -0.15) is 0 Å². The van der Waals surface area contributed by atoms with E-state index >= 15 is 0 Å². The van der Waals surface area contributed by atoms with Crippen molar-refractivity contribution in [3.05, 3.63) is 23.8 Å². The number of aromatic hydroxyl groups is 1. The van der Waals surface area contributed by atoms with Crippen molar-refractivity contribution < 1.29 is 14.9 Å². The topological polar surface area (TPSA) is 49.7 Å². The lowest BCUT2D eigenvalue weighted by Gasteiger charge is -2.38. The summed E-state index contributed by atoms with van der Waals surface area (Å²) >= 11 is 3.63. The molecule has 2 rings (SSSR count). The Morgan fingerprint density at radius 3 is 2.63 bits per heavy atom. The lowest BCUT2D eigenvalue weighted by molar-refractivity contribution is 0.180. The van der Waals surface area contributed by atoms with Crippen LogP contribution in [0.1, 0.15) is 25.3 Å². The molecule has 19 heavy (non-hydrogen) atoms. The second-order valence-corrected chi connectivity index (χ2v) is 7.79. The first-order valence-corrected chi connectivity index (χ1v) is 8.38. The third-order valence-electron chi connectivity index (χ3n) is 3.14. The lowest BCUT2D eigenvalue weighted by atomic mass is 10.0. The SMILES string of the molecule is COc1ccc(O)c(C2(C[C@@H](C)O)SCCCS2)c1. The van der Waals surface area contributed by atoms with Gasteiger partial charge in [0.15, 0.2) is 0 Å². The zero-order chi connectivity index (χ0) is 13.9. The molecule has 1 fully saturated rings. The smallest absolute Gasteiger partial charge is 0.121 e. The maximum absolute atomic E-state index is 10.2. The van der Waals surface area contributed by atoms with Gasteiger partial charge in [0.1, 0.15) is 11.5 Å². The van der Waals surface area contributed by atoms with Crippen molar-refractivity contribution in [1.29, 1.82) is 0 Å². The number of methoxy groups -OCH3 is 1. The quantitative estimate of drug-likeness (QED) is 0.894. The number of ether oxygens (including phenoxy) is 1. The molecule has 2 N–H and O–H groups in total. The first-order valence-electron chi connectivity index (χ1n) is 6.41. The first kappa shape index (κ1) is 14.9. The van der Waals surface area contributed by atoms with Crippen LogP contribution in [-0.2, 0) is 4.08 Å². The van der Waals surface area contributed by atoms with Gasteiger partial charge >= 0.3 is 0 Å². The van der Waals surface area contributed by atoms with Crippen LogP contribution < -0.4 is 4.74 Å². The second-order valence-electron chi connectivity index (χ2n) is 4.74. The third-order valence-corrected chi connectivity index (χ3v) is 6.54. The van der Waals surface area contributed by atoms with E-state index in [-0.39, 0.29) is 9.83 Å². The van der Waals surface area contributed by atoms with Gasteiger partial charge < -0.3 is 14.9 Å². The number of hydrogen-bond donors (Lipinski definition) is 2. The number of thioether (sulfide) groups is 2. The van der Waals surface area contributed by atoms with Crippen LogP contribution in [0.2, 0.25) is 0 Å². The molecule has 0 bridgehead atoms. The Balaban J connectivity index is 2.42. The standard InChI is InChI=1S/C14H20O3S2/c1-10(15)9-14(18-6-3-7-19-14)12-8-11(17-2)4-5-13(12)16/h4-5,8,10,15-16H,3,6-7,9H2,1-2H3/t10-/m1/s1. The van der Waals surface area contributed by atoms with Crippen molar-refractivity contribution in [3.8, 4) is 11.5 Å². The van der Waals surface area contributed by atoms with Gasteiger partial charge in [-0.1, -0.05) is 0 Å². The Morgan fingerprint density at radius 1 is 1.37 bits per heavy atom. The molecule has 1 aromatic carbocycles. The van der Waals surface area contributed by atoms with E-state index in [4.69, 9.17) is 4.74 Å². The summed E-state index contributed by atoms with van der Waals surface area (Å²) in [6.07, 6.45) is 1.40. The van der Waals surface area contributed by atoms with Crippen molar-refractivity contribution in [2.75, 3.05) is 18.6 Å². The van der Waals surface area contributed by atoms with Gasteiger partial charge in [-0.05, 0) is 43.0 Å². The monoisotopic (exact) mass is 300 g/mol. The molecule has 0 unspecified atom stereocenters. The third kappa shape index (κ3) is 3.33. The van der Waals surface area contributed by atoms with E-state index in [1.54, 1.807) is 26.2 Å². The molecule has 106 valence electrons. The van der Waals surface area contributed by atoms with E-state index < -0.39 is 6.10 Å².